The normalized spacial score (nSPS) is 11.9. The van der Waals surface area contributed by atoms with E-state index in [4.69, 9.17) is 32.7 Å². The topological polar surface area (TPSA) is 89.3 Å². The van der Waals surface area contributed by atoms with E-state index in [-0.39, 0.29) is 16.5 Å². The lowest BCUT2D eigenvalue weighted by Gasteiger charge is -2.15. The van der Waals surface area contributed by atoms with Crippen LogP contribution in [0.1, 0.15) is 12.5 Å². The van der Waals surface area contributed by atoms with Crippen LogP contribution in [0.5, 0.6) is 11.5 Å². The molecule has 1 atom stereocenters. The maximum Gasteiger partial charge on any atom is 0.258 e. The largest absolute Gasteiger partial charge is 0.497 e. The summed E-state index contributed by atoms with van der Waals surface area (Å²) >= 11 is 12.2. The lowest BCUT2D eigenvalue weighted by molar-refractivity contribution is -0.126. The molecule has 0 radical (unpaired) electrons. The van der Waals surface area contributed by atoms with Gasteiger partial charge in [0.15, 0.2) is 11.5 Å². The zero-order chi connectivity index (χ0) is 20.8. The van der Waals surface area contributed by atoms with Crippen molar-refractivity contribution >= 4 is 46.3 Å². The van der Waals surface area contributed by atoms with E-state index in [0.717, 1.165) is 0 Å². The van der Waals surface area contributed by atoms with E-state index >= 15 is 0 Å². The Morgan fingerprint density at radius 2 is 1.82 bits per heavy atom. The molecule has 9 heteroatoms. The molecule has 0 spiro atoms. The Morgan fingerprint density at radius 3 is 2.43 bits per heavy atom. The van der Waals surface area contributed by atoms with E-state index in [9.17, 15) is 9.59 Å². The molecule has 1 amide bonds. The van der Waals surface area contributed by atoms with Crippen LogP contribution in [0.2, 0.25) is 10.0 Å². The van der Waals surface area contributed by atoms with Crippen LogP contribution in [0.15, 0.2) is 40.6 Å². The first-order valence-corrected chi connectivity index (χ1v) is 8.92. The van der Waals surface area contributed by atoms with Crippen molar-refractivity contribution in [1.82, 2.24) is 0 Å². The summed E-state index contributed by atoms with van der Waals surface area (Å²) in [5, 5.41) is 11.3. The number of hydrogen-bond acceptors (Lipinski definition) is 6. The van der Waals surface area contributed by atoms with Gasteiger partial charge < -0.3 is 14.8 Å². The monoisotopic (exact) mass is 423 g/mol. The summed E-state index contributed by atoms with van der Waals surface area (Å²) in [4.78, 5) is 24.6. The zero-order valence-corrected chi connectivity index (χ0v) is 17.3. The third-order valence-corrected chi connectivity index (χ3v) is 4.56. The number of carbonyl (C=O) groups excluding carboxylic acids is 2. The molecule has 28 heavy (non-hydrogen) atoms. The minimum absolute atomic E-state index is 0.237. The minimum atomic E-state index is -1.35. The predicted molar refractivity (Wildman–Crippen MR) is 108 cm³/mol. The summed E-state index contributed by atoms with van der Waals surface area (Å²) in [5.74, 6) is -0.509. The molecular formula is C19H19Cl2N3O4. The molecule has 2 rings (SSSR count). The number of halogens is 2. The van der Waals surface area contributed by atoms with Crippen molar-refractivity contribution in [3.05, 3.63) is 45.9 Å². The summed E-state index contributed by atoms with van der Waals surface area (Å²) in [7, 11) is 2.87. The Bertz CT molecular complexity index is 932. The van der Waals surface area contributed by atoms with E-state index in [2.05, 4.69) is 15.5 Å². The Morgan fingerprint density at radius 1 is 1.11 bits per heavy atom. The van der Waals surface area contributed by atoms with Gasteiger partial charge in [0.25, 0.3) is 5.91 Å². The SMILES string of the molecule is COc1cc(Cl)c(OC)c(NC(=O)C(N=Nc2cccc(Cl)c2C)C(C)=O)c1. The standard InChI is InChI=1S/C19H19Cl2N3O4/c1-10-13(20)6-5-7-15(10)23-24-17(11(2)25)19(26)22-16-9-12(27-3)8-14(21)18(16)28-4/h5-9,17H,1-4H3,(H,22,26). The lowest BCUT2D eigenvalue weighted by Crippen LogP contribution is -2.32. The Kier molecular flexibility index (Phi) is 7.37. The molecule has 0 fully saturated rings. The van der Waals surface area contributed by atoms with Gasteiger partial charge in [0, 0.05) is 17.2 Å². The summed E-state index contributed by atoms with van der Waals surface area (Å²) in [6.45, 7) is 3.02. The molecule has 0 aliphatic carbocycles. The number of amides is 1. The fraction of sp³-hybridized carbons (Fsp3) is 0.263. The highest BCUT2D eigenvalue weighted by molar-refractivity contribution is 6.33. The van der Waals surface area contributed by atoms with E-state index in [1.165, 1.54) is 27.2 Å². The second-order valence-corrected chi connectivity index (χ2v) is 6.61. The maximum absolute atomic E-state index is 12.7. The number of ether oxygens (including phenoxy) is 2. The second kappa shape index (κ2) is 9.52. The smallest absolute Gasteiger partial charge is 0.258 e. The van der Waals surface area contributed by atoms with Gasteiger partial charge in [0.2, 0.25) is 6.04 Å². The third kappa shape index (κ3) is 4.99. The quantitative estimate of drug-likeness (QED) is 0.501. The van der Waals surface area contributed by atoms with E-state index in [0.29, 0.717) is 22.0 Å². The predicted octanol–water partition coefficient (Wildman–Crippen LogP) is 5.00. The molecule has 2 aromatic rings. The van der Waals surface area contributed by atoms with Crippen LogP contribution < -0.4 is 14.8 Å². The lowest BCUT2D eigenvalue weighted by atomic mass is 10.2. The van der Waals surface area contributed by atoms with Crippen LogP contribution in [0.25, 0.3) is 0 Å². The molecular weight excluding hydrogens is 405 g/mol. The number of ketones is 1. The number of nitrogens with zero attached hydrogens (tertiary/aromatic N) is 2. The molecule has 0 heterocycles. The van der Waals surface area contributed by atoms with Crippen LogP contribution in [0, 0.1) is 6.92 Å². The first-order chi connectivity index (χ1) is 13.3. The molecule has 0 bridgehead atoms. The van der Waals surface area contributed by atoms with Crippen LogP contribution >= 0.6 is 23.2 Å². The molecule has 7 nitrogen and oxygen atoms in total. The van der Waals surface area contributed by atoms with Gasteiger partial charge in [0.05, 0.1) is 30.6 Å². The summed E-state index contributed by atoms with van der Waals surface area (Å²) in [6, 6.07) is 6.82. The third-order valence-electron chi connectivity index (χ3n) is 3.87. The molecule has 0 aromatic heterocycles. The Labute approximate surface area is 172 Å². The van der Waals surface area contributed by atoms with E-state index in [1.54, 1.807) is 31.2 Å². The highest BCUT2D eigenvalue weighted by Crippen LogP contribution is 2.37. The van der Waals surface area contributed by atoms with E-state index < -0.39 is 17.7 Å². The number of anilines is 1. The van der Waals surface area contributed by atoms with Crippen molar-refractivity contribution < 1.29 is 19.1 Å². The number of Topliss-reactive ketones (excluding diaryl/α,β-unsaturated/α-hetero) is 1. The van der Waals surface area contributed by atoms with Gasteiger partial charge in [-0.1, -0.05) is 29.3 Å². The fourth-order valence-corrected chi connectivity index (χ4v) is 2.79. The van der Waals surface area contributed by atoms with Gasteiger partial charge in [0.1, 0.15) is 5.75 Å². The molecule has 1 N–H and O–H groups in total. The van der Waals surface area contributed by atoms with Crippen molar-refractivity contribution in [2.75, 3.05) is 19.5 Å². The molecule has 148 valence electrons. The summed E-state index contributed by atoms with van der Waals surface area (Å²) in [5.41, 5.74) is 1.41. The Hall–Kier alpha value is -2.64. The number of rotatable bonds is 7. The number of hydrogen-bond donors (Lipinski definition) is 1. The second-order valence-electron chi connectivity index (χ2n) is 5.79. The van der Waals surface area contributed by atoms with Crippen LogP contribution in [-0.2, 0) is 9.59 Å². The fourth-order valence-electron chi connectivity index (χ4n) is 2.33. The van der Waals surface area contributed by atoms with Crippen LogP contribution in [0.4, 0.5) is 11.4 Å². The highest BCUT2D eigenvalue weighted by Gasteiger charge is 2.25. The molecule has 0 aliphatic heterocycles. The van der Waals surface area contributed by atoms with Gasteiger partial charge >= 0.3 is 0 Å². The minimum Gasteiger partial charge on any atom is -0.497 e. The van der Waals surface area contributed by atoms with Crippen molar-refractivity contribution in [3.63, 3.8) is 0 Å². The van der Waals surface area contributed by atoms with Crippen molar-refractivity contribution in [3.8, 4) is 11.5 Å². The number of methoxy groups -OCH3 is 2. The number of azo groups is 1. The van der Waals surface area contributed by atoms with Gasteiger partial charge in [-0.15, -0.1) is 0 Å². The van der Waals surface area contributed by atoms with Gasteiger partial charge in [-0.2, -0.15) is 10.2 Å². The summed E-state index contributed by atoms with van der Waals surface area (Å²) in [6.07, 6.45) is 0. The first-order valence-electron chi connectivity index (χ1n) is 8.17. The van der Waals surface area contributed by atoms with E-state index in [1.807, 2.05) is 0 Å². The molecule has 0 saturated carbocycles. The average molecular weight is 424 g/mol. The number of carbonyl (C=O) groups is 2. The number of nitrogens with one attached hydrogen (secondary N) is 1. The van der Waals surface area contributed by atoms with Gasteiger partial charge in [-0.05, 0) is 31.5 Å². The average Bonchev–Trinajstić information content (AvgIpc) is 2.64. The van der Waals surface area contributed by atoms with Gasteiger partial charge in [-0.25, -0.2) is 0 Å². The Balaban J connectivity index is 2.32. The van der Waals surface area contributed by atoms with Crippen molar-refractivity contribution in [2.45, 2.75) is 19.9 Å². The molecule has 1 unspecified atom stereocenters. The first kappa shape index (κ1) is 21.7. The van der Waals surface area contributed by atoms with Gasteiger partial charge in [-0.3, -0.25) is 9.59 Å². The molecule has 0 aliphatic rings. The van der Waals surface area contributed by atoms with Crippen molar-refractivity contribution in [1.29, 1.82) is 0 Å². The maximum atomic E-state index is 12.7. The van der Waals surface area contributed by atoms with Crippen molar-refractivity contribution in [2.24, 2.45) is 10.2 Å². The van der Waals surface area contributed by atoms with Crippen LogP contribution in [-0.4, -0.2) is 32.0 Å². The zero-order valence-electron chi connectivity index (χ0n) is 15.7. The highest BCUT2D eigenvalue weighted by atomic mass is 35.5. The molecule has 2 aromatic carbocycles. The number of benzene rings is 2. The summed E-state index contributed by atoms with van der Waals surface area (Å²) < 4.78 is 10.4. The van der Waals surface area contributed by atoms with Crippen LogP contribution in [0.3, 0.4) is 0 Å². The molecule has 0 saturated heterocycles.